The van der Waals surface area contributed by atoms with Gasteiger partial charge >= 0.3 is 17.9 Å². The van der Waals surface area contributed by atoms with Crippen molar-refractivity contribution in [3.8, 4) is 0 Å². The van der Waals surface area contributed by atoms with Crippen LogP contribution >= 0.6 is 0 Å². The Morgan fingerprint density at radius 3 is 2.06 bits per heavy atom. The molecule has 0 radical (unpaired) electrons. The molecule has 3 aliphatic carbocycles. The average molecular weight is 451 g/mol. The lowest BCUT2D eigenvalue weighted by Gasteiger charge is -2.68. The number of aldehydes is 1. The summed E-state index contributed by atoms with van der Waals surface area (Å²) >= 11 is 0. The van der Waals surface area contributed by atoms with Gasteiger partial charge in [-0.1, -0.05) is 26.3 Å². The van der Waals surface area contributed by atoms with Gasteiger partial charge < -0.3 is 19.3 Å². The molecule has 1 N–H and O–H groups in total. The van der Waals surface area contributed by atoms with Gasteiger partial charge in [-0.15, -0.1) is 0 Å². The average Bonchev–Trinajstić information content (AvgIpc) is 3.01. The van der Waals surface area contributed by atoms with Crippen LogP contribution in [-0.2, 0) is 33.4 Å². The minimum atomic E-state index is -1.70. The maximum absolute atomic E-state index is 12.6. The van der Waals surface area contributed by atoms with Crippen molar-refractivity contribution in [3.05, 3.63) is 11.1 Å². The van der Waals surface area contributed by atoms with Crippen LogP contribution in [-0.4, -0.2) is 53.2 Å². The molecule has 7 atom stereocenters. The van der Waals surface area contributed by atoms with E-state index in [1.165, 1.54) is 20.8 Å². The maximum atomic E-state index is 12.6. The highest BCUT2D eigenvalue weighted by molar-refractivity contribution is 5.76. The van der Waals surface area contributed by atoms with E-state index in [9.17, 15) is 24.3 Å². The van der Waals surface area contributed by atoms with Crippen LogP contribution in [0.15, 0.2) is 11.1 Å². The Morgan fingerprint density at radius 2 is 1.56 bits per heavy atom. The van der Waals surface area contributed by atoms with Crippen molar-refractivity contribution in [3.63, 3.8) is 0 Å². The monoisotopic (exact) mass is 450 g/mol. The molecular weight excluding hydrogens is 416 g/mol. The summed E-state index contributed by atoms with van der Waals surface area (Å²) < 4.78 is 17.2. The number of rotatable bonds is 4. The van der Waals surface area contributed by atoms with Crippen LogP contribution in [0.1, 0.15) is 67.7 Å². The van der Waals surface area contributed by atoms with Crippen molar-refractivity contribution in [1.29, 1.82) is 0 Å². The first-order chi connectivity index (χ1) is 14.7. The first kappa shape index (κ1) is 24.4. The Kier molecular flexibility index (Phi) is 6.09. The molecule has 32 heavy (non-hydrogen) atoms. The number of allylic oxidation sites excluding steroid dienone is 1. The summed E-state index contributed by atoms with van der Waals surface area (Å²) in [7, 11) is 0. The summed E-state index contributed by atoms with van der Waals surface area (Å²) in [6.07, 6.45) is -0.716. The zero-order chi connectivity index (χ0) is 24.2. The lowest BCUT2D eigenvalue weighted by Crippen LogP contribution is -2.79. The zero-order valence-corrected chi connectivity index (χ0v) is 19.9. The van der Waals surface area contributed by atoms with Crippen molar-refractivity contribution in [1.82, 2.24) is 0 Å². The van der Waals surface area contributed by atoms with E-state index in [1.54, 1.807) is 6.92 Å². The van der Waals surface area contributed by atoms with Crippen LogP contribution in [0.4, 0.5) is 0 Å². The molecule has 0 spiro atoms. The zero-order valence-electron chi connectivity index (χ0n) is 19.9. The van der Waals surface area contributed by atoms with Gasteiger partial charge in [0, 0.05) is 32.1 Å². The fourth-order valence-electron chi connectivity index (χ4n) is 6.88. The van der Waals surface area contributed by atoms with Gasteiger partial charge in [0.1, 0.15) is 24.1 Å². The highest BCUT2D eigenvalue weighted by Crippen LogP contribution is 2.68. The van der Waals surface area contributed by atoms with Gasteiger partial charge in [0.15, 0.2) is 6.10 Å². The van der Waals surface area contributed by atoms with Crippen molar-refractivity contribution in [2.24, 2.45) is 22.7 Å². The predicted molar refractivity (Wildman–Crippen MR) is 113 cm³/mol. The minimum absolute atomic E-state index is 0.344. The third-order valence-electron chi connectivity index (χ3n) is 8.31. The highest BCUT2D eigenvalue weighted by atomic mass is 16.6. The van der Waals surface area contributed by atoms with Crippen LogP contribution in [0.3, 0.4) is 0 Å². The van der Waals surface area contributed by atoms with Crippen molar-refractivity contribution in [2.75, 3.05) is 0 Å². The molecule has 8 heteroatoms. The van der Waals surface area contributed by atoms with E-state index in [-0.39, 0.29) is 5.92 Å². The van der Waals surface area contributed by atoms with E-state index < -0.39 is 58.6 Å². The Balaban J connectivity index is 2.32. The molecule has 0 amide bonds. The number of aliphatic hydroxyl groups is 1. The molecule has 3 rings (SSSR count). The second kappa shape index (κ2) is 7.97. The number of carbonyl (C=O) groups is 4. The largest absolute Gasteiger partial charge is 0.462 e. The van der Waals surface area contributed by atoms with E-state index >= 15 is 0 Å². The number of esters is 3. The quantitative estimate of drug-likeness (QED) is 0.395. The fourth-order valence-corrected chi connectivity index (χ4v) is 6.88. The lowest BCUT2D eigenvalue weighted by molar-refractivity contribution is -0.331. The van der Waals surface area contributed by atoms with Gasteiger partial charge in [0.25, 0.3) is 0 Å². The number of ether oxygens (including phenoxy) is 3. The number of fused-ring (bicyclic) bond motifs is 3. The van der Waals surface area contributed by atoms with E-state index in [0.717, 1.165) is 11.9 Å². The standard InChI is InChI=1S/C24H34O8/c1-12-16(11-25)10-17-19(12)20(31-14(3)27)21(32-15(4)28)24(29)22(5,6)9-8-18(23(17,24)7)30-13(2)26/h11,17-21,29H,8-10H2,1-7H3/t17-,18-,19-,20+,21-,23-,24+/m0/s1. The van der Waals surface area contributed by atoms with Gasteiger partial charge in [0.2, 0.25) is 0 Å². The smallest absolute Gasteiger partial charge is 0.303 e. The molecule has 2 fully saturated rings. The Bertz CT molecular complexity index is 873. The predicted octanol–water partition coefficient (Wildman–Crippen LogP) is 2.50. The molecule has 0 saturated heterocycles. The summed E-state index contributed by atoms with van der Waals surface area (Å²) in [5.41, 5.74) is -2.26. The summed E-state index contributed by atoms with van der Waals surface area (Å²) in [5.74, 6) is -2.51. The first-order valence-corrected chi connectivity index (χ1v) is 11.1. The van der Waals surface area contributed by atoms with Crippen LogP contribution in [0.25, 0.3) is 0 Å². The Hall–Kier alpha value is -2.22. The van der Waals surface area contributed by atoms with Crippen LogP contribution < -0.4 is 0 Å². The molecule has 178 valence electrons. The van der Waals surface area contributed by atoms with E-state index in [2.05, 4.69) is 0 Å². The van der Waals surface area contributed by atoms with Gasteiger partial charge in [0.05, 0.1) is 0 Å². The second-order valence-corrected chi connectivity index (χ2v) is 10.3. The van der Waals surface area contributed by atoms with E-state index in [0.29, 0.717) is 24.8 Å². The summed E-state index contributed by atoms with van der Waals surface area (Å²) in [6.45, 7) is 11.2. The van der Waals surface area contributed by atoms with Crippen LogP contribution in [0.5, 0.6) is 0 Å². The van der Waals surface area contributed by atoms with Crippen molar-refractivity contribution >= 4 is 24.2 Å². The summed E-state index contributed by atoms with van der Waals surface area (Å²) in [6, 6.07) is 0. The molecule has 2 saturated carbocycles. The Morgan fingerprint density at radius 1 is 1.00 bits per heavy atom. The molecular formula is C24H34O8. The van der Waals surface area contributed by atoms with E-state index in [1.807, 2.05) is 20.8 Å². The van der Waals surface area contributed by atoms with Crippen LogP contribution in [0.2, 0.25) is 0 Å². The van der Waals surface area contributed by atoms with Gasteiger partial charge in [-0.05, 0) is 43.1 Å². The fraction of sp³-hybridized carbons (Fsp3) is 0.750. The van der Waals surface area contributed by atoms with Gasteiger partial charge in [-0.3, -0.25) is 19.2 Å². The van der Waals surface area contributed by atoms with Crippen molar-refractivity contribution in [2.45, 2.75) is 91.6 Å². The molecule has 8 nitrogen and oxygen atoms in total. The maximum Gasteiger partial charge on any atom is 0.303 e. The lowest BCUT2D eigenvalue weighted by atomic mass is 9.41. The molecule has 0 aliphatic heterocycles. The number of hydrogen-bond acceptors (Lipinski definition) is 8. The minimum Gasteiger partial charge on any atom is -0.462 e. The van der Waals surface area contributed by atoms with E-state index in [4.69, 9.17) is 14.2 Å². The molecule has 0 aromatic carbocycles. The highest BCUT2D eigenvalue weighted by Gasteiger charge is 2.77. The molecule has 0 aromatic heterocycles. The second-order valence-electron chi connectivity index (χ2n) is 10.3. The molecule has 0 heterocycles. The third-order valence-corrected chi connectivity index (χ3v) is 8.31. The van der Waals surface area contributed by atoms with Gasteiger partial charge in [-0.2, -0.15) is 0 Å². The summed E-state index contributed by atoms with van der Waals surface area (Å²) in [5, 5.41) is 12.6. The molecule has 0 unspecified atom stereocenters. The number of hydrogen-bond donors (Lipinski definition) is 1. The molecule has 0 aromatic rings. The van der Waals surface area contributed by atoms with Gasteiger partial charge in [-0.25, -0.2) is 0 Å². The number of carbonyl (C=O) groups excluding carboxylic acids is 4. The Labute approximate surface area is 188 Å². The molecule has 0 bridgehead atoms. The third kappa shape index (κ3) is 3.29. The summed E-state index contributed by atoms with van der Waals surface area (Å²) in [4.78, 5) is 48.2. The molecule has 3 aliphatic rings. The topological polar surface area (TPSA) is 116 Å². The van der Waals surface area contributed by atoms with Crippen LogP contribution in [0, 0.1) is 22.7 Å². The van der Waals surface area contributed by atoms with Crippen molar-refractivity contribution < 1.29 is 38.5 Å². The first-order valence-electron chi connectivity index (χ1n) is 11.1. The normalized spacial score (nSPS) is 40.1. The SMILES string of the molecule is CC(=O)O[C@@H]1[C@H]2C(C)=C(C=O)C[C@@H]2[C@@]2(C)[C@@H](OC(C)=O)CCC(C)(C)[C@]2(O)[C@H]1OC(C)=O.